The van der Waals surface area contributed by atoms with Crippen molar-refractivity contribution in [2.24, 2.45) is 10.9 Å². The largest absolute Gasteiger partial charge is 0.352 e. The van der Waals surface area contributed by atoms with Crippen molar-refractivity contribution in [2.45, 2.75) is 51.6 Å². The average molecular weight is 424 g/mol. The van der Waals surface area contributed by atoms with Crippen molar-refractivity contribution in [1.29, 1.82) is 0 Å². The number of benzene rings is 1. The van der Waals surface area contributed by atoms with Crippen LogP contribution in [0.5, 0.6) is 0 Å². The van der Waals surface area contributed by atoms with Gasteiger partial charge in [-0.2, -0.15) is 5.10 Å². The summed E-state index contributed by atoms with van der Waals surface area (Å²) in [5.41, 5.74) is 1.39. The Labute approximate surface area is 184 Å². The van der Waals surface area contributed by atoms with Gasteiger partial charge in [-0.3, -0.25) is 9.79 Å². The molecule has 1 saturated heterocycles. The fourth-order valence-corrected chi connectivity index (χ4v) is 4.54. The molecule has 1 atom stereocenters. The number of aromatic nitrogens is 3. The van der Waals surface area contributed by atoms with Gasteiger partial charge in [0, 0.05) is 32.6 Å². The highest BCUT2D eigenvalue weighted by Gasteiger charge is 2.24. The third kappa shape index (κ3) is 5.62. The summed E-state index contributed by atoms with van der Waals surface area (Å²) in [5, 5.41) is 11.1. The molecule has 31 heavy (non-hydrogen) atoms. The van der Waals surface area contributed by atoms with E-state index in [2.05, 4.69) is 56.0 Å². The number of nitrogens with zero attached hydrogens (tertiary/aromatic N) is 5. The maximum atomic E-state index is 12.7. The molecule has 0 spiro atoms. The fourth-order valence-electron chi connectivity index (χ4n) is 4.54. The van der Waals surface area contributed by atoms with Gasteiger partial charge in [0.15, 0.2) is 5.96 Å². The smallest absolute Gasteiger partial charge is 0.241 e. The number of amides is 1. The van der Waals surface area contributed by atoms with E-state index in [1.807, 2.05) is 16.5 Å². The van der Waals surface area contributed by atoms with Crippen LogP contribution in [0.3, 0.4) is 0 Å². The van der Waals surface area contributed by atoms with Crippen LogP contribution in [0.25, 0.3) is 0 Å². The Balaban J connectivity index is 1.19. The quantitative estimate of drug-likeness (QED) is 0.563. The standard InChI is InChI=1S/C23H33N7O/c1-17-26-21-9-8-20(16-30(21)28-17)27-23(24-2)25-15-22(31)29-12-10-19(11-13-29)14-18-6-4-3-5-7-18/h3-7,19-20H,8-16H2,1-2H3,(H2,24,25,27). The summed E-state index contributed by atoms with van der Waals surface area (Å²) in [5.74, 6) is 3.32. The second-order valence-corrected chi connectivity index (χ2v) is 8.58. The van der Waals surface area contributed by atoms with Crippen LogP contribution in [0.1, 0.15) is 36.5 Å². The van der Waals surface area contributed by atoms with E-state index >= 15 is 0 Å². The molecule has 1 amide bonds. The summed E-state index contributed by atoms with van der Waals surface area (Å²) in [6.07, 6.45) is 5.10. The van der Waals surface area contributed by atoms with Crippen LogP contribution < -0.4 is 10.6 Å². The molecule has 166 valence electrons. The molecule has 0 saturated carbocycles. The van der Waals surface area contributed by atoms with Gasteiger partial charge in [0.25, 0.3) is 0 Å². The SMILES string of the molecule is CN=C(NCC(=O)N1CCC(Cc2ccccc2)CC1)NC1CCc2nc(C)nn2C1. The summed E-state index contributed by atoms with van der Waals surface area (Å²) < 4.78 is 1.97. The number of aryl methyl sites for hydroxylation is 2. The predicted molar refractivity (Wildman–Crippen MR) is 121 cm³/mol. The van der Waals surface area contributed by atoms with Crippen molar-refractivity contribution in [3.05, 3.63) is 47.5 Å². The van der Waals surface area contributed by atoms with Crippen LogP contribution in [0.15, 0.2) is 35.3 Å². The summed E-state index contributed by atoms with van der Waals surface area (Å²) in [6, 6.07) is 10.9. The first-order valence-corrected chi connectivity index (χ1v) is 11.3. The van der Waals surface area contributed by atoms with Gasteiger partial charge in [-0.15, -0.1) is 0 Å². The highest BCUT2D eigenvalue weighted by Crippen LogP contribution is 2.21. The lowest BCUT2D eigenvalue weighted by Crippen LogP contribution is -2.50. The van der Waals surface area contributed by atoms with E-state index in [9.17, 15) is 4.79 Å². The molecule has 3 heterocycles. The van der Waals surface area contributed by atoms with E-state index in [0.717, 1.165) is 63.4 Å². The van der Waals surface area contributed by atoms with E-state index in [0.29, 0.717) is 11.9 Å². The maximum Gasteiger partial charge on any atom is 0.241 e. The molecular weight excluding hydrogens is 390 g/mol. The fraction of sp³-hybridized carbons (Fsp3) is 0.565. The molecular formula is C23H33N7O. The highest BCUT2D eigenvalue weighted by atomic mass is 16.2. The molecule has 2 N–H and O–H groups in total. The lowest BCUT2D eigenvalue weighted by atomic mass is 9.90. The number of hydrogen-bond acceptors (Lipinski definition) is 4. The van der Waals surface area contributed by atoms with E-state index in [1.165, 1.54) is 5.56 Å². The van der Waals surface area contributed by atoms with Crippen molar-refractivity contribution in [3.63, 3.8) is 0 Å². The zero-order valence-corrected chi connectivity index (χ0v) is 18.5. The Morgan fingerprint density at radius 2 is 1.97 bits per heavy atom. The molecule has 0 radical (unpaired) electrons. The van der Waals surface area contributed by atoms with Crippen LogP contribution in [0, 0.1) is 12.8 Å². The Kier molecular flexibility index (Phi) is 6.84. The summed E-state index contributed by atoms with van der Waals surface area (Å²) >= 11 is 0. The van der Waals surface area contributed by atoms with Crippen molar-refractivity contribution in [2.75, 3.05) is 26.7 Å². The highest BCUT2D eigenvalue weighted by molar-refractivity contribution is 5.86. The van der Waals surface area contributed by atoms with Gasteiger partial charge in [-0.05, 0) is 44.1 Å². The maximum absolute atomic E-state index is 12.7. The van der Waals surface area contributed by atoms with Crippen LogP contribution in [-0.4, -0.2) is 64.3 Å². The number of aliphatic imine (C=N–C) groups is 1. The van der Waals surface area contributed by atoms with E-state index < -0.39 is 0 Å². The Morgan fingerprint density at radius 1 is 1.19 bits per heavy atom. The number of piperidine rings is 1. The number of carbonyl (C=O) groups is 1. The van der Waals surface area contributed by atoms with Crippen molar-refractivity contribution < 1.29 is 4.79 Å². The molecule has 1 unspecified atom stereocenters. The first kappa shape index (κ1) is 21.3. The van der Waals surface area contributed by atoms with Crippen LogP contribution in [0.2, 0.25) is 0 Å². The summed E-state index contributed by atoms with van der Waals surface area (Å²) in [6.45, 7) is 4.62. The van der Waals surface area contributed by atoms with Crippen LogP contribution in [-0.2, 0) is 24.2 Å². The molecule has 0 aliphatic carbocycles. The third-order valence-electron chi connectivity index (χ3n) is 6.27. The molecule has 8 heteroatoms. The van der Waals surface area contributed by atoms with Crippen molar-refractivity contribution in [1.82, 2.24) is 30.3 Å². The monoisotopic (exact) mass is 423 g/mol. The van der Waals surface area contributed by atoms with Crippen LogP contribution in [0.4, 0.5) is 0 Å². The number of fused-ring (bicyclic) bond motifs is 1. The second-order valence-electron chi connectivity index (χ2n) is 8.58. The summed E-state index contributed by atoms with van der Waals surface area (Å²) in [4.78, 5) is 23.4. The molecule has 2 aromatic rings. The molecule has 1 aromatic heterocycles. The third-order valence-corrected chi connectivity index (χ3v) is 6.27. The summed E-state index contributed by atoms with van der Waals surface area (Å²) in [7, 11) is 1.74. The molecule has 8 nitrogen and oxygen atoms in total. The zero-order chi connectivity index (χ0) is 21.6. The van der Waals surface area contributed by atoms with Gasteiger partial charge in [0.05, 0.1) is 13.1 Å². The van der Waals surface area contributed by atoms with Gasteiger partial charge in [0.2, 0.25) is 5.91 Å². The van der Waals surface area contributed by atoms with E-state index in [4.69, 9.17) is 0 Å². The average Bonchev–Trinajstić information content (AvgIpc) is 3.17. The number of likely N-dealkylation sites (tertiary alicyclic amines) is 1. The van der Waals surface area contributed by atoms with E-state index in [1.54, 1.807) is 7.05 Å². The number of nitrogens with one attached hydrogen (secondary N) is 2. The Bertz CT molecular complexity index is 900. The van der Waals surface area contributed by atoms with Gasteiger partial charge < -0.3 is 15.5 Å². The zero-order valence-electron chi connectivity index (χ0n) is 18.5. The molecule has 1 aromatic carbocycles. The Morgan fingerprint density at radius 3 is 2.71 bits per heavy atom. The van der Waals surface area contributed by atoms with Crippen molar-refractivity contribution >= 4 is 11.9 Å². The lowest BCUT2D eigenvalue weighted by molar-refractivity contribution is -0.131. The Hall–Kier alpha value is -2.90. The minimum atomic E-state index is 0.138. The number of hydrogen-bond donors (Lipinski definition) is 2. The minimum Gasteiger partial charge on any atom is -0.352 e. The first-order valence-electron chi connectivity index (χ1n) is 11.3. The second kappa shape index (κ2) is 9.94. The van der Waals surface area contributed by atoms with Gasteiger partial charge >= 0.3 is 0 Å². The number of carbonyl (C=O) groups excluding carboxylic acids is 1. The molecule has 2 aliphatic rings. The normalized spacial score (nSPS) is 19.7. The first-order chi connectivity index (χ1) is 15.1. The minimum absolute atomic E-state index is 0.138. The van der Waals surface area contributed by atoms with Crippen molar-refractivity contribution in [3.8, 4) is 0 Å². The topological polar surface area (TPSA) is 87.4 Å². The van der Waals surface area contributed by atoms with Gasteiger partial charge in [-0.1, -0.05) is 30.3 Å². The van der Waals surface area contributed by atoms with Crippen LogP contribution >= 0.6 is 0 Å². The predicted octanol–water partition coefficient (Wildman–Crippen LogP) is 1.55. The van der Waals surface area contributed by atoms with Gasteiger partial charge in [-0.25, -0.2) is 9.67 Å². The van der Waals surface area contributed by atoms with Gasteiger partial charge in [0.1, 0.15) is 11.6 Å². The lowest BCUT2D eigenvalue weighted by Gasteiger charge is -2.32. The van der Waals surface area contributed by atoms with E-state index in [-0.39, 0.29) is 18.5 Å². The number of guanidine groups is 1. The molecule has 2 aliphatic heterocycles. The molecule has 1 fully saturated rings. The molecule has 4 rings (SSSR count). The number of rotatable bonds is 5. The molecule has 0 bridgehead atoms.